The zero-order valence-electron chi connectivity index (χ0n) is 36.8. The molecular weight excluding hydrogens is 721 g/mol. The number of carbonyl (C=O) groups is 3. The molecule has 0 fully saturated rings. The van der Waals surface area contributed by atoms with Crippen LogP contribution in [0.25, 0.3) is 0 Å². The molecule has 6 heteroatoms. The number of esters is 3. The third kappa shape index (κ3) is 42.9. The van der Waals surface area contributed by atoms with Gasteiger partial charge < -0.3 is 14.2 Å². The maximum Gasteiger partial charge on any atom is 0.306 e. The zero-order valence-corrected chi connectivity index (χ0v) is 36.8. The van der Waals surface area contributed by atoms with Crippen molar-refractivity contribution in [3.05, 3.63) is 122 Å². The van der Waals surface area contributed by atoms with Gasteiger partial charge in [0.2, 0.25) is 0 Å². The van der Waals surface area contributed by atoms with Crippen LogP contribution in [0.5, 0.6) is 0 Å². The molecule has 0 aromatic carbocycles. The molecule has 1 atom stereocenters. The van der Waals surface area contributed by atoms with Crippen LogP contribution in [0.4, 0.5) is 0 Å². The Balaban J connectivity index is 4.55. The molecule has 0 saturated heterocycles. The number of carbonyl (C=O) groups excluding carboxylic acids is 3. The van der Waals surface area contributed by atoms with E-state index in [1.54, 1.807) is 0 Å². The highest BCUT2D eigenvalue weighted by atomic mass is 16.6. The highest BCUT2D eigenvalue weighted by Gasteiger charge is 2.19. The summed E-state index contributed by atoms with van der Waals surface area (Å²) in [7, 11) is 0. The normalized spacial score (nSPS) is 13.2. The number of hydrogen-bond acceptors (Lipinski definition) is 6. The molecule has 0 aromatic rings. The summed E-state index contributed by atoms with van der Waals surface area (Å²) in [4.78, 5) is 37.7. The zero-order chi connectivity index (χ0) is 42.3. The van der Waals surface area contributed by atoms with Crippen molar-refractivity contribution in [2.24, 2.45) is 0 Å². The topological polar surface area (TPSA) is 78.9 Å². The van der Waals surface area contributed by atoms with Crippen LogP contribution in [-0.4, -0.2) is 37.2 Å². The average molecular weight is 801 g/mol. The van der Waals surface area contributed by atoms with E-state index in [0.717, 1.165) is 116 Å². The van der Waals surface area contributed by atoms with Gasteiger partial charge in [-0.1, -0.05) is 187 Å². The molecule has 0 heterocycles. The Morgan fingerprint density at radius 3 is 1.28 bits per heavy atom. The highest BCUT2D eigenvalue weighted by Crippen LogP contribution is 2.12. The molecule has 0 aliphatic carbocycles. The van der Waals surface area contributed by atoms with Crippen molar-refractivity contribution >= 4 is 17.9 Å². The van der Waals surface area contributed by atoms with E-state index >= 15 is 0 Å². The molecule has 6 nitrogen and oxygen atoms in total. The van der Waals surface area contributed by atoms with Crippen molar-refractivity contribution < 1.29 is 28.6 Å². The predicted molar refractivity (Wildman–Crippen MR) is 246 cm³/mol. The van der Waals surface area contributed by atoms with Gasteiger partial charge in [0.1, 0.15) is 13.2 Å². The molecule has 0 saturated carbocycles. The van der Waals surface area contributed by atoms with Crippen LogP contribution in [-0.2, 0) is 28.6 Å². The maximum atomic E-state index is 12.7. The lowest BCUT2D eigenvalue weighted by Gasteiger charge is -2.18. The van der Waals surface area contributed by atoms with E-state index in [-0.39, 0.29) is 31.1 Å². The number of rotatable bonds is 38. The minimum absolute atomic E-state index is 0.117. The Bertz CT molecular complexity index is 1290. The Kier molecular flexibility index (Phi) is 42.2. The van der Waals surface area contributed by atoms with Crippen molar-refractivity contribution in [3.8, 4) is 0 Å². The van der Waals surface area contributed by atoms with Crippen LogP contribution in [0, 0.1) is 0 Å². The van der Waals surface area contributed by atoms with Crippen LogP contribution in [0.3, 0.4) is 0 Å². The first-order valence-electron chi connectivity index (χ1n) is 22.6. The molecule has 0 radical (unpaired) electrons. The Labute approximate surface area is 354 Å². The van der Waals surface area contributed by atoms with E-state index in [4.69, 9.17) is 14.2 Å². The van der Waals surface area contributed by atoms with Crippen molar-refractivity contribution in [2.75, 3.05) is 13.2 Å². The summed E-state index contributed by atoms with van der Waals surface area (Å²) in [6, 6.07) is 0. The molecule has 324 valence electrons. The lowest BCUT2D eigenvalue weighted by atomic mass is 10.1. The van der Waals surface area contributed by atoms with E-state index in [2.05, 4.69) is 81.5 Å². The van der Waals surface area contributed by atoms with Gasteiger partial charge in [0.15, 0.2) is 6.10 Å². The maximum absolute atomic E-state index is 12.7. The fourth-order valence-corrected chi connectivity index (χ4v) is 5.49. The molecule has 0 aliphatic heterocycles. The fourth-order valence-electron chi connectivity index (χ4n) is 5.49. The van der Waals surface area contributed by atoms with Crippen LogP contribution in [0.15, 0.2) is 122 Å². The van der Waals surface area contributed by atoms with Crippen molar-refractivity contribution in [3.63, 3.8) is 0 Å². The number of hydrogen-bond donors (Lipinski definition) is 0. The summed E-state index contributed by atoms with van der Waals surface area (Å²) in [5.41, 5.74) is 0. The summed E-state index contributed by atoms with van der Waals surface area (Å²) in [6.45, 7) is 6.21. The van der Waals surface area contributed by atoms with E-state index in [0.29, 0.717) is 19.3 Å². The molecule has 0 aromatic heterocycles. The van der Waals surface area contributed by atoms with Gasteiger partial charge in [0.05, 0.1) is 0 Å². The van der Waals surface area contributed by atoms with Gasteiger partial charge in [0.25, 0.3) is 0 Å². The molecule has 1 unspecified atom stereocenters. The average Bonchev–Trinajstić information content (AvgIpc) is 3.22. The quantitative estimate of drug-likeness (QED) is 0.0203. The molecule has 0 spiro atoms. The van der Waals surface area contributed by atoms with E-state index in [1.807, 2.05) is 60.8 Å². The predicted octanol–water partition coefficient (Wildman–Crippen LogP) is 14.6. The van der Waals surface area contributed by atoms with Crippen molar-refractivity contribution in [1.29, 1.82) is 0 Å². The summed E-state index contributed by atoms with van der Waals surface area (Å²) in [5, 5.41) is 0. The van der Waals surface area contributed by atoms with Crippen LogP contribution >= 0.6 is 0 Å². The van der Waals surface area contributed by atoms with Crippen LogP contribution in [0.2, 0.25) is 0 Å². The largest absolute Gasteiger partial charge is 0.462 e. The SMILES string of the molecule is CC\C=C/C=C\C=C/C=C\C=C\C=C/CCCCCC(=O)OCC(COC(=O)CCCCC/C=C\C=C/CCCC)OC(=O)CCCCCCC/C=C\C/C=C\CC. The third-order valence-electron chi connectivity index (χ3n) is 8.87. The second-order valence-electron chi connectivity index (χ2n) is 14.4. The summed E-state index contributed by atoms with van der Waals surface area (Å²) in [5.74, 6) is -1.02. The highest BCUT2D eigenvalue weighted by molar-refractivity contribution is 5.71. The third-order valence-corrected chi connectivity index (χ3v) is 8.87. The molecular formula is C52H80O6. The monoisotopic (exact) mass is 801 g/mol. The van der Waals surface area contributed by atoms with Gasteiger partial charge in [-0.3, -0.25) is 14.4 Å². The summed E-state index contributed by atoms with van der Waals surface area (Å²) < 4.78 is 16.6. The smallest absolute Gasteiger partial charge is 0.306 e. The van der Waals surface area contributed by atoms with Gasteiger partial charge in [-0.05, 0) is 83.5 Å². The second kappa shape index (κ2) is 45.5. The minimum atomic E-state index is -0.816. The van der Waals surface area contributed by atoms with Gasteiger partial charge in [-0.25, -0.2) is 0 Å². The second-order valence-corrected chi connectivity index (χ2v) is 14.4. The summed E-state index contributed by atoms with van der Waals surface area (Å²) >= 11 is 0. The van der Waals surface area contributed by atoms with Gasteiger partial charge in [-0.15, -0.1) is 0 Å². The van der Waals surface area contributed by atoms with E-state index < -0.39 is 6.10 Å². The Hall–Kier alpha value is -4.19. The molecule has 0 aliphatic rings. The fraction of sp³-hybridized carbons (Fsp3) is 0.558. The molecule has 0 rings (SSSR count). The first-order valence-corrected chi connectivity index (χ1v) is 22.6. The Morgan fingerprint density at radius 1 is 0.379 bits per heavy atom. The van der Waals surface area contributed by atoms with Crippen molar-refractivity contribution in [2.45, 2.75) is 175 Å². The number of ether oxygens (including phenoxy) is 3. The van der Waals surface area contributed by atoms with Gasteiger partial charge in [0, 0.05) is 19.3 Å². The molecule has 58 heavy (non-hydrogen) atoms. The van der Waals surface area contributed by atoms with E-state index in [1.165, 1.54) is 12.8 Å². The lowest BCUT2D eigenvalue weighted by molar-refractivity contribution is -0.167. The summed E-state index contributed by atoms with van der Waals surface area (Å²) in [6.07, 6.45) is 61.8. The molecule has 0 N–H and O–H groups in total. The first-order chi connectivity index (χ1) is 28.5. The number of allylic oxidation sites excluding steroid dienone is 20. The van der Waals surface area contributed by atoms with E-state index in [9.17, 15) is 14.4 Å². The number of unbranched alkanes of at least 4 members (excludes halogenated alkanes) is 13. The minimum Gasteiger partial charge on any atom is -0.462 e. The van der Waals surface area contributed by atoms with Crippen LogP contribution in [0.1, 0.15) is 168 Å². The molecule has 0 bridgehead atoms. The molecule has 0 amide bonds. The first kappa shape index (κ1) is 53.8. The lowest BCUT2D eigenvalue weighted by Crippen LogP contribution is -2.30. The Morgan fingerprint density at radius 2 is 0.759 bits per heavy atom. The van der Waals surface area contributed by atoms with Crippen LogP contribution < -0.4 is 0 Å². The van der Waals surface area contributed by atoms with Crippen molar-refractivity contribution in [1.82, 2.24) is 0 Å². The van der Waals surface area contributed by atoms with Gasteiger partial charge >= 0.3 is 17.9 Å². The van der Waals surface area contributed by atoms with Gasteiger partial charge in [-0.2, -0.15) is 0 Å². The standard InChI is InChI=1S/C52H80O6/c1-4-7-10-13-16-19-22-24-25-26-27-28-31-33-36-39-42-45-51(54)57-48-49(47-56-50(53)44-41-38-35-32-29-21-18-15-12-9-6-3)58-52(55)46-43-40-37-34-30-23-20-17-14-11-8-5-2/h7-8,10-11,13,15-22,24-29,31,49H,4-6,9,12,14,23,30,32-48H2,1-3H3/b10-7-,11-8-,16-13-,18-15-,20-17-,22-19-,25-24-,27-26+,29-21-,31-28-.